The molecular weight excluding hydrogens is 326 g/mol. The smallest absolute Gasteiger partial charge is 0.238 e. The Kier molecular flexibility index (Phi) is 5.77. The van der Waals surface area contributed by atoms with Crippen molar-refractivity contribution in [1.29, 1.82) is 0 Å². The molecule has 1 N–H and O–H groups in total. The number of anilines is 1. The minimum Gasteiger partial charge on any atom is -0.322 e. The normalized spacial score (nSPS) is 10.8. The Morgan fingerprint density at radius 3 is 2.45 bits per heavy atom. The standard InChI is InChI=1S/C16H15Cl2FN2O/c1-21(9-11-2-4-12(17)5-3-11)10-16(22)20-15-8-13(18)6-7-14(15)19/h2-8H,9-10H2,1H3,(H,20,22). The molecule has 2 rings (SSSR count). The predicted octanol–water partition coefficient (Wildman–Crippen LogP) is 4.20. The number of hydrogen-bond acceptors (Lipinski definition) is 2. The average molecular weight is 341 g/mol. The zero-order valence-corrected chi connectivity index (χ0v) is 13.5. The molecule has 3 nitrogen and oxygen atoms in total. The summed E-state index contributed by atoms with van der Waals surface area (Å²) in [4.78, 5) is 13.8. The fraction of sp³-hybridized carbons (Fsp3) is 0.188. The van der Waals surface area contributed by atoms with Crippen molar-refractivity contribution >= 4 is 34.8 Å². The number of rotatable bonds is 5. The first-order valence-electron chi connectivity index (χ1n) is 6.62. The van der Waals surface area contributed by atoms with Gasteiger partial charge in [0, 0.05) is 16.6 Å². The van der Waals surface area contributed by atoms with E-state index in [1.54, 1.807) is 12.1 Å². The molecule has 0 fully saturated rings. The fourth-order valence-corrected chi connectivity index (χ4v) is 2.28. The van der Waals surface area contributed by atoms with Crippen LogP contribution in [0.4, 0.5) is 10.1 Å². The summed E-state index contributed by atoms with van der Waals surface area (Å²) in [5.41, 5.74) is 1.12. The Morgan fingerprint density at radius 1 is 1.14 bits per heavy atom. The van der Waals surface area contributed by atoms with Crippen LogP contribution in [0, 0.1) is 5.82 Å². The van der Waals surface area contributed by atoms with Gasteiger partial charge in [-0.1, -0.05) is 35.3 Å². The van der Waals surface area contributed by atoms with Crippen molar-refractivity contribution in [3.8, 4) is 0 Å². The van der Waals surface area contributed by atoms with Crippen molar-refractivity contribution in [2.45, 2.75) is 6.54 Å². The Labute approximate surface area is 138 Å². The van der Waals surface area contributed by atoms with Crippen LogP contribution in [0.15, 0.2) is 42.5 Å². The zero-order valence-electron chi connectivity index (χ0n) is 11.9. The third kappa shape index (κ3) is 4.98. The second-order valence-corrected chi connectivity index (χ2v) is 5.84. The Bertz CT molecular complexity index is 662. The second-order valence-electron chi connectivity index (χ2n) is 4.97. The molecule has 2 aromatic carbocycles. The average Bonchev–Trinajstić information content (AvgIpc) is 2.45. The van der Waals surface area contributed by atoms with E-state index in [0.717, 1.165) is 5.56 Å². The number of hydrogen-bond donors (Lipinski definition) is 1. The lowest BCUT2D eigenvalue weighted by Crippen LogP contribution is -2.30. The van der Waals surface area contributed by atoms with E-state index in [4.69, 9.17) is 23.2 Å². The lowest BCUT2D eigenvalue weighted by Gasteiger charge is -2.16. The molecule has 0 spiro atoms. The molecule has 0 saturated carbocycles. The van der Waals surface area contributed by atoms with Gasteiger partial charge in [0.15, 0.2) is 0 Å². The molecule has 116 valence electrons. The van der Waals surface area contributed by atoms with Crippen molar-refractivity contribution in [3.05, 3.63) is 63.9 Å². The number of carbonyl (C=O) groups excluding carboxylic acids is 1. The van der Waals surface area contributed by atoms with Gasteiger partial charge < -0.3 is 5.32 Å². The predicted molar refractivity (Wildman–Crippen MR) is 87.8 cm³/mol. The van der Waals surface area contributed by atoms with Crippen LogP contribution in [0.3, 0.4) is 0 Å². The highest BCUT2D eigenvalue weighted by Gasteiger charge is 2.10. The van der Waals surface area contributed by atoms with Gasteiger partial charge >= 0.3 is 0 Å². The molecule has 6 heteroatoms. The SMILES string of the molecule is CN(CC(=O)Nc1cc(Cl)ccc1F)Cc1ccc(Cl)cc1. The number of likely N-dealkylation sites (N-methyl/N-ethyl adjacent to an activating group) is 1. The van der Waals surface area contributed by atoms with Gasteiger partial charge in [-0.05, 0) is 42.9 Å². The number of benzene rings is 2. The minimum absolute atomic E-state index is 0.0809. The molecule has 0 radical (unpaired) electrons. The highest BCUT2D eigenvalue weighted by atomic mass is 35.5. The van der Waals surface area contributed by atoms with Crippen LogP contribution in [0.2, 0.25) is 10.0 Å². The third-order valence-electron chi connectivity index (χ3n) is 2.98. The van der Waals surface area contributed by atoms with E-state index in [1.165, 1.54) is 18.2 Å². The minimum atomic E-state index is -0.516. The largest absolute Gasteiger partial charge is 0.322 e. The molecule has 0 aromatic heterocycles. The second kappa shape index (κ2) is 7.58. The van der Waals surface area contributed by atoms with Gasteiger partial charge in [0.1, 0.15) is 5.82 Å². The molecule has 0 saturated heterocycles. The summed E-state index contributed by atoms with van der Waals surface area (Å²) in [6, 6.07) is 11.4. The van der Waals surface area contributed by atoms with Crippen LogP contribution in [-0.2, 0) is 11.3 Å². The third-order valence-corrected chi connectivity index (χ3v) is 3.47. The monoisotopic (exact) mass is 340 g/mol. The first kappa shape index (κ1) is 16.7. The quantitative estimate of drug-likeness (QED) is 0.884. The summed E-state index contributed by atoms with van der Waals surface area (Å²) < 4.78 is 13.6. The summed E-state index contributed by atoms with van der Waals surface area (Å²) in [5, 5.41) is 3.55. The topological polar surface area (TPSA) is 32.3 Å². The van der Waals surface area contributed by atoms with E-state index in [-0.39, 0.29) is 18.1 Å². The van der Waals surface area contributed by atoms with E-state index in [0.29, 0.717) is 16.6 Å². The van der Waals surface area contributed by atoms with E-state index in [9.17, 15) is 9.18 Å². The number of nitrogens with one attached hydrogen (secondary N) is 1. The van der Waals surface area contributed by atoms with E-state index < -0.39 is 5.82 Å². The fourth-order valence-electron chi connectivity index (χ4n) is 1.99. The molecule has 0 aliphatic rings. The molecule has 22 heavy (non-hydrogen) atoms. The Hall–Kier alpha value is -1.62. The number of amides is 1. The first-order chi connectivity index (χ1) is 10.4. The van der Waals surface area contributed by atoms with Crippen molar-refractivity contribution in [3.63, 3.8) is 0 Å². The Balaban J connectivity index is 1.91. The van der Waals surface area contributed by atoms with Crippen molar-refractivity contribution in [2.24, 2.45) is 0 Å². The number of halogens is 3. The van der Waals surface area contributed by atoms with Gasteiger partial charge in [0.05, 0.1) is 12.2 Å². The molecule has 0 unspecified atom stereocenters. The summed E-state index contributed by atoms with van der Waals surface area (Å²) in [5.74, 6) is -0.823. The lowest BCUT2D eigenvalue weighted by atomic mass is 10.2. The zero-order chi connectivity index (χ0) is 16.1. The summed E-state index contributed by atoms with van der Waals surface area (Å²) >= 11 is 11.6. The van der Waals surface area contributed by atoms with Gasteiger partial charge in [-0.2, -0.15) is 0 Å². The molecule has 1 amide bonds. The Morgan fingerprint density at radius 2 is 1.77 bits per heavy atom. The summed E-state index contributed by atoms with van der Waals surface area (Å²) in [7, 11) is 1.81. The van der Waals surface area contributed by atoms with E-state index >= 15 is 0 Å². The van der Waals surface area contributed by atoms with Gasteiger partial charge in [-0.25, -0.2) is 4.39 Å². The highest BCUT2D eigenvalue weighted by molar-refractivity contribution is 6.31. The van der Waals surface area contributed by atoms with Gasteiger partial charge in [-0.3, -0.25) is 9.69 Å². The molecule has 0 heterocycles. The van der Waals surface area contributed by atoms with Crippen LogP contribution in [0.25, 0.3) is 0 Å². The first-order valence-corrected chi connectivity index (χ1v) is 7.37. The van der Waals surface area contributed by atoms with Crippen LogP contribution in [-0.4, -0.2) is 24.4 Å². The maximum Gasteiger partial charge on any atom is 0.238 e. The molecule has 0 atom stereocenters. The summed E-state index contributed by atoms with van der Waals surface area (Å²) in [6.45, 7) is 0.719. The van der Waals surface area contributed by atoms with E-state index in [2.05, 4.69) is 5.32 Å². The van der Waals surface area contributed by atoms with Gasteiger partial charge in [0.25, 0.3) is 0 Å². The molecule has 0 aliphatic carbocycles. The van der Waals surface area contributed by atoms with Gasteiger partial charge in [0.2, 0.25) is 5.91 Å². The highest BCUT2D eigenvalue weighted by Crippen LogP contribution is 2.19. The van der Waals surface area contributed by atoms with Crippen LogP contribution < -0.4 is 5.32 Å². The van der Waals surface area contributed by atoms with Crippen molar-refractivity contribution < 1.29 is 9.18 Å². The van der Waals surface area contributed by atoms with Crippen molar-refractivity contribution in [2.75, 3.05) is 18.9 Å². The van der Waals surface area contributed by atoms with Crippen LogP contribution in [0.1, 0.15) is 5.56 Å². The molecular formula is C16H15Cl2FN2O. The number of carbonyl (C=O) groups is 1. The lowest BCUT2D eigenvalue weighted by molar-refractivity contribution is -0.117. The molecule has 0 aliphatic heterocycles. The maximum atomic E-state index is 13.6. The van der Waals surface area contributed by atoms with Crippen LogP contribution in [0.5, 0.6) is 0 Å². The maximum absolute atomic E-state index is 13.6. The van der Waals surface area contributed by atoms with Crippen molar-refractivity contribution in [1.82, 2.24) is 4.90 Å². The van der Waals surface area contributed by atoms with Crippen LogP contribution >= 0.6 is 23.2 Å². The van der Waals surface area contributed by atoms with Gasteiger partial charge in [-0.15, -0.1) is 0 Å². The number of nitrogens with zero attached hydrogens (tertiary/aromatic N) is 1. The molecule has 0 bridgehead atoms. The van der Waals surface area contributed by atoms with E-state index in [1.807, 2.05) is 24.1 Å². The molecule has 2 aromatic rings. The summed E-state index contributed by atoms with van der Waals surface area (Å²) in [6.07, 6.45) is 0.